The van der Waals surface area contributed by atoms with E-state index >= 15 is 0 Å². The van der Waals surface area contributed by atoms with E-state index < -0.39 is 14.9 Å². The van der Waals surface area contributed by atoms with Crippen LogP contribution in [0.5, 0.6) is 0 Å². The molecule has 4 rings (SSSR count). The highest BCUT2D eigenvalue weighted by molar-refractivity contribution is 7.87. The second kappa shape index (κ2) is 7.66. The summed E-state index contributed by atoms with van der Waals surface area (Å²) in [6, 6.07) is 34.7. The molecule has 144 valence electrons. The molecular formula is C25H20O3S. The first-order chi connectivity index (χ1) is 14.0. The maximum absolute atomic E-state index is 13.2. The largest absolute Gasteiger partial charge is 0.284 e. The van der Waals surface area contributed by atoms with Crippen LogP contribution >= 0.6 is 0 Å². The molecule has 0 unspecified atom stereocenters. The summed E-state index contributed by atoms with van der Waals surface area (Å²) in [5.41, 5.74) is 3.10. The van der Waals surface area contributed by atoms with Crippen LogP contribution in [0.1, 0.15) is 16.7 Å². The standard InChI is InChI=1S/C25H20O3S/c26-29(27,28)25(21-14-6-2-7-15-21,22-16-8-3-9-17-22)24-19-11-10-18-23(24)20-12-4-1-5-13-20/h1-19H,(H,26,27,28). The molecule has 0 aliphatic heterocycles. The second-order valence-corrected chi connectivity index (χ2v) is 8.36. The number of benzene rings is 4. The van der Waals surface area contributed by atoms with E-state index in [2.05, 4.69) is 0 Å². The fourth-order valence-electron chi connectivity index (χ4n) is 3.92. The lowest BCUT2D eigenvalue weighted by molar-refractivity contribution is 0.459. The molecule has 29 heavy (non-hydrogen) atoms. The second-order valence-electron chi connectivity index (χ2n) is 6.80. The first-order valence-corrected chi connectivity index (χ1v) is 10.7. The number of hydrogen-bond acceptors (Lipinski definition) is 2. The fourth-order valence-corrected chi connectivity index (χ4v) is 5.24. The summed E-state index contributed by atoms with van der Waals surface area (Å²) >= 11 is 0. The van der Waals surface area contributed by atoms with E-state index in [-0.39, 0.29) is 0 Å². The molecule has 0 aliphatic carbocycles. The lowest BCUT2D eigenvalue weighted by atomic mass is 9.80. The highest BCUT2D eigenvalue weighted by Gasteiger charge is 2.49. The molecule has 0 atom stereocenters. The molecule has 0 saturated heterocycles. The Bertz CT molecular complexity index is 1160. The zero-order valence-electron chi connectivity index (χ0n) is 15.6. The van der Waals surface area contributed by atoms with Gasteiger partial charge in [-0.1, -0.05) is 115 Å². The summed E-state index contributed by atoms with van der Waals surface area (Å²) in [5.74, 6) is 0. The molecule has 0 bridgehead atoms. The van der Waals surface area contributed by atoms with E-state index in [0.717, 1.165) is 11.1 Å². The highest BCUT2D eigenvalue weighted by Crippen LogP contribution is 2.46. The molecule has 0 aliphatic rings. The summed E-state index contributed by atoms with van der Waals surface area (Å²) in [6.45, 7) is 0. The van der Waals surface area contributed by atoms with Gasteiger partial charge in [-0.3, -0.25) is 4.55 Å². The summed E-state index contributed by atoms with van der Waals surface area (Å²) in [4.78, 5) is 0. The van der Waals surface area contributed by atoms with E-state index in [0.29, 0.717) is 16.7 Å². The van der Waals surface area contributed by atoms with Gasteiger partial charge in [0.2, 0.25) is 0 Å². The average Bonchev–Trinajstić information content (AvgIpc) is 2.76. The van der Waals surface area contributed by atoms with Crippen molar-refractivity contribution in [2.45, 2.75) is 4.75 Å². The third-order valence-electron chi connectivity index (χ3n) is 5.14. The molecular weight excluding hydrogens is 380 g/mol. The minimum atomic E-state index is -4.62. The Morgan fingerprint density at radius 1 is 0.552 bits per heavy atom. The third kappa shape index (κ3) is 3.27. The molecule has 0 aromatic heterocycles. The first kappa shape index (κ1) is 19.1. The molecule has 1 N–H and O–H groups in total. The van der Waals surface area contributed by atoms with Gasteiger partial charge in [0.1, 0.15) is 0 Å². The fraction of sp³-hybridized carbons (Fsp3) is 0.0400. The van der Waals surface area contributed by atoms with Crippen LogP contribution in [0.4, 0.5) is 0 Å². The lowest BCUT2D eigenvalue weighted by Crippen LogP contribution is -2.38. The summed E-state index contributed by atoms with van der Waals surface area (Å²) < 4.78 is 35.4. The Hall–Kier alpha value is -3.21. The minimum Gasteiger partial charge on any atom is -0.284 e. The van der Waals surface area contributed by atoms with Gasteiger partial charge in [0, 0.05) is 0 Å². The van der Waals surface area contributed by atoms with Crippen LogP contribution in [0, 0.1) is 0 Å². The summed E-state index contributed by atoms with van der Waals surface area (Å²) in [7, 11) is -4.62. The van der Waals surface area contributed by atoms with Gasteiger partial charge >= 0.3 is 0 Å². The topological polar surface area (TPSA) is 54.4 Å². The van der Waals surface area contributed by atoms with E-state index in [1.54, 1.807) is 60.7 Å². The van der Waals surface area contributed by atoms with E-state index in [1.165, 1.54) is 0 Å². The predicted octanol–water partition coefficient (Wildman–Crippen LogP) is 5.53. The Morgan fingerprint density at radius 2 is 0.966 bits per heavy atom. The van der Waals surface area contributed by atoms with Gasteiger partial charge in [-0.15, -0.1) is 0 Å². The van der Waals surface area contributed by atoms with Crippen LogP contribution in [0.15, 0.2) is 115 Å². The van der Waals surface area contributed by atoms with Crippen LogP contribution in [0.25, 0.3) is 11.1 Å². The summed E-state index contributed by atoms with van der Waals surface area (Å²) in [6.07, 6.45) is 0. The number of rotatable bonds is 5. The van der Waals surface area contributed by atoms with Crippen LogP contribution in [0.3, 0.4) is 0 Å². The van der Waals surface area contributed by atoms with Crippen LogP contribution in [0.2, 0.25) is 0 Å². The van der Waals surface area contributed by atoms with E-state index in [4.69, 9.17) is 0 Å². The van der Waals surface area contributed by atoms with E-state index in [9.17, 15) is 13.0 Å². The molecule has 0 amide bonds. The van der Waals surface area contributed by atoms with Gasteiger partial charge < -0.3 is 0 Å². The van der Waals surface area contributed by atoms with Crippen molar-refractivity contribution in [3.63, 3.8) is 0 Å². The SMILES string of the molecule is O=S(=O)(O)C(c1ccccc1)(c1ccccc1)c1ccccc1-c1ccccc1. The monoisotopic (exact) mass is 400 g/mol. The van der Waals surface area contributed by atoms with Gasteiger partial charge in [-0.25, -0.2) is 0 Å². The molecule has 3 nitrogen and oxygen atoms in total. The molecule has 0 spiro atoms. The van der Waals surface area contributed by atoms with Crippen molar-refractivity contribution < 1.29 is 13.0 Å². The van der Waals surface area contributed by atoms with Gasteiger partial charge in [0.05, 0.1) is 0 Å². The van der Waals surface area contributed by atoms with Crippen LogP contribution in [-0.4, -0.2) is 13.0 Å². The maximum Gasteiger partial charge on any atom is 0.283 e. The van der Waals surface area contributed by atoms with Crippen LogP contribution < -0.4 is 0 Å². The van der Waals surface area contributed by atoms with E-state index in [1.807, 2.05) is 54.6 Å². The number of hydrogen-bond donors (Lipinski definition) is 1. The third-order valence-corrected chi connectivity index (χ3v) is 6.60. The molecule has 4 aromatic rings. The smallest absolute Gasteiger partial charge is 0.283 e. The Labute approximate surface area is 171 Å². The normalized spacial score (nSPS) is 11.9. The molecule has 0 radical (unpaired) electrons. The molecule has 4 aromatic carbocycles. The Balaban J connectivity index is 2.17. The van der Waals surface area contributed by atoms with Crippen molar-refractivity contribution in [2.75, 3.05) is 0 Å². The van der Waals surface area contributed by atoms with Crippen molar-refractivity contribution in [3.05, 3.63) is 132 Å². The first-order valence-electron chi connectivity index (χ1n) is 9.28. The highest BCUT2D eigenvalue weighted by atomic mass is 32.2. The zero-order valence-corrected chi connectivity index (χ0v) is 16.5. The Morgan fingerprint density at radius 3 is 1.45 bits per heavy atom. The quantitative estimate of drug-likeness (QED) is 0.354. The van der Waals surface area contributed by atoms with Gasteiger partial charge in [-0.05, 0) is 27.8 Å². The molecule has 4 heteroatoms. The minimum absolute atomic E-state index is 0.483. The van der Waals surface area contributed by atoms with Crippen molar-refractivity contribution in [3.8, 4) is 11.1 Å². The summed E-state index contributed by atoms with van der Waals surface area (Å²) in [5, 5.41) is 0. The Kier molecular flexibility index (Phi) is 5.05. The maximum atomic E-state index is 13.2. The predicted molar refractivity (Wildman–Crippen MR) is 116 cm³/mol. The molecule has 0 fully saturated rings. The van der Waals surface area contributed by atoms with Gasteiger partial charge in [0.25, 0.3) is 10.1 Å². The van der Waals surface area contributed by atoms with Gasteiger partial charge in [-0.2, -0.15) is 8.42 Å². The lowest BCUT2D eigenvalue weighted by Gasteiger charge is -2.34. The van der Waals surface area contributed by atoms with Crippen molar-refractivity contribution in [2.24, 2.45) is 0 Å². The zero-order chi connectivity index (χ0) is 20.3. The van der Waals surface area contributed by atoms with Crippen molar-refractivity contribution in [1.29, 1.82) is 0 Å². The van der Waals surface area contributed by atoms with Gasteiger partial charge in [0.15, 0.2) is 4.75 Å². The van der Waals surface area contributed by atoms with Crippen molar-refractivity contribution in [1.82, 2.24) is 0 Å². The molecule has 0 heterocycles. The average molecular weight is 400 g/mol. The van der Waals surface area contributed by atoms with Crippen LogP contribution in [-0.2, 0) is 14.9 Å². The van der Waals surface area contributed by atoms with Crippen molar-refractivity contribution >= 4 is 10.1 Å². The molecule has 0 saturated carbocycles.